The molecule has 6 nitrogen and oxygen atoms in total. The van der Waals surface area contributed by atoms with Gasteiger partial charge in [-0.15, -0.1) is 0 Å². The van der Waals surface area contributed by atoms with Crippen LogP contribution < -0.4 is 5.32 Å². The Morgan fingerprint density at radius 1 is 1.19 bits per heavy atom. The van der Waals surface area contributed by atoms with Crippen molar-refractivity contribution in [2.45, 2.75) is 27.2 Å². The number of urea groups is 1. The van der Waals surface area contributed by atoms with Crippen LogP contribution in [0.25, 0.3) is 10.1 Å². The average molecular weight is 375 g/mol. The van der Waals surface area contributed by atoms with E-state index in [2.05, 4.69) is 23.5 Å². The Hall–Kier alpha value is -2.15. The standard InChI is InChI=1S/C19H26N4O2S/c1-13(2)6-7-20-19(25)23-10-8-22(9-11-23)18(24)17-15-12-14(3)4-5-16(15)26-21-17/h4-5,12-13H,6-11H2,1-3H3,(H,20,25). The molecule has 140 valence electrons. The Labute approximate surface area is 158 Å². The number of fused-ring (bicyclic) bond motifs is 1. The maximum absolute atomic E-state index is 12.9. The largest absolute Gasteiger partial charge is 0.338 e. The molecular weight excluding hydrogens is 348 g/mol. The number of nitrogens with zero attached hydrogens (tertiary/aromatic N) is 3. The van der Waals surface area contributed by atoms with Crippen LogP contribution in [-0.2, 0) is 0 Å². The highest BCUT2D eigenvalue weighted by molar-refractivity contribution is 7.13. The highest BCUT2D eigenvalue weighted by atomic mass is 32.1. The molecule has 2 aromatic rings. The van der Waals surface area contributed by atoms with Crippen molar-refractivity contribution in [1.29, 1.82) is 0 Å². The monoisotopic (exact) mass is 374 g/mol. The maximum Gasteiger partial charge on any atom is 0.317 e. The van der Waals surface area contributed by atoms with Gasteiger partial charge >= 0.3 is 6.03 Å². The van der Waals surface area contributed by atoms with Crippen LogP contribution in [0.3, 0.4) is 0 Å². The quantitative estimate of drug-likeness (QED) is 0.894. The number of carbonyl (C=O) groups is 2. The Bertz CT molecular complexity index is 794. The van der Waals surface area contributed by atoms with E-state index in [0.717, 1.165) is 22.1 Å². The summed E-state index contributed by atoms with van der Waals surface area (Å²) in [6, 6.07) is 6.03. The number of piperazine rings is 1. The van der Waals surface area contributed by atoms with Crippen LogP contribution in [0.4, 0.5) is 4.79 Å². The van der Waals surface area contributed by atoms with Gasteiger partial charge < -0.3 is 15.1 Å². The molecule has 0 bridgehead atoms. The fourth-order valence-electron chi connectivity index (χ4n) is 3.05. The molecule has 1 aliphatic heterocycles. The minimum Gasteiger partial charge on any atom is -0.338 e. The van der Waals surface area contributed by atoms with E-state index in [1.807, 2.05) is 25.1 Å². The summed E-state index contributed by atoms with van der Waals surface area (Å²) in [5.74, 6) is 0.531. The zero-order valence-corrected chi connectivity index (χ0v) is 16.4. The molecule has 0 spiro atoms. The summed E-state index contributed by atoms with van der Waals surface area (Å²) in [7, 11) is 0. The zero-order chi connectivity index (χ0) is 18.7. The Morgan fingerprint density at radius 2 is 1.88 bits per heavy atom. The first-order chi connectivity index (χ1) is 12.5. The van der Waals surface area contributed by atoms with Gasteiger partial charge in [-0.3, -0.25) is 4.79 Å². The van der Waals surface area contributed by atoms with Gasteiger partial charge in [0.25, 0.3) is 5.91 Å². The molecule has 0 saturated carbocycles. The third-order valence-electron chi connectivity index (χ3n) is 4.68. The predicted molar refractivity (Wildman–Crippen MR) is 105 cm³/mol. The lowest BCUT2D eigenvalue weighted by Crippen LogP contribution is -2.53. The molecule has 1 saturated heterocycles. The van der Waals surface area contributed by atoms with Gasteiger partial charge in [-0.1, -0.05) is 25.5 Å². The van der Waals surface area contributed by atoms with E-state index in [-0.39, 0.29) is 11.9 Å². The molecule has 0 radical (unpaired) electrons. The van der Waals surface area contributed by atoms with Crippen molar-refractivity contribution in [1.82, 2.24) is 19.5 Å². The third-order valence-corrected chi connectivity index (χ3v) is 5.51. The van der Waals surface area contributed by atoms with Crippen LogP contribution in [0.5, 0.6) is 0 Å². The molecular formula is C19H26N4O2S. The Morgan fingerprint density at radius 3 is 2.58 bits per heavy atom. The van der Waals surface area contributed by atoms with E-state index in [0.29, 0.717) is 44.3 Å². The van der Waals surface area contributed by atoms with Gasteiger partial charge in [0.1, 0.15) is 5.69 Å². The number of benzene rings is 1. The van der Waals surface area contributed by atoms with Gasteiger partial charge in [0.15, 0.2) is 0 Å². The fourth-order valence-corrected chi connectivity index (χ4v) is 3.80. The first-order valence-corrected chi connectivity index (χ1v) is 9.91. The van der Waals surface area contributed by atoms with Gasteiger partial charge in [-0.25, -0.2) is 4.79 Å². The summed E-state index contributed by atoms with van der Waals surface area (Å²) >= 11 is 1.36. The molecule has 0 atom stereocenters. The second kappa shape index (κ2) is 8.03. The molecule has 1 aromatic carbocycles. The summed E-state index contributed by atoms with van der Waals surface area (Å²) < 4.78 is 5.41. The topological polar surface area (TPSA) is 65.5 Å². The Kier molecular flexibility index (Phi) is 5.76. The first-order valence-electron chi connectivity index (χ1n) is 9.14. The van der Waals surface area contributed by atoms with Crippen LogP contribution >= 0.6 is 11.5 Å². The number of hydrogen-bond donors (Lipinski definition) is 1. The van der Waals surface area contributed by atoms with E-state index >= 15 is 0 Å². The van der Waals surface area contributed by atoms with Crippen molar-refractivity contribution < 1.29 is 9.59 Å². The molecule has 3 amide bonds. The van der Waals surface area contributed by atoms with E-state index in [4.69, 9.17) is 0 Å². The first kappa shape index (κ1) is 18.6. The minimum absolute atomic E-state index is 0.0347. The molecule has 26 heavy (non-hydrogen) atoms. The van der Waals surface area contributed by atoms with Crippen LogP contribution in [0.2, 0.25) is 0 Å². The summed E-state index contributed by atoms with van der Waals surface area (Å²) in [5, 5.41) is 3.88. The van der Waals surface area contributed by atoms with Gasteiger partial charge in [0.2, 0.25) is 0 Å². The van der Waals surface area contributed by atoms with E-state index in [9.17, 15) is 9.59 Å². The normalized spacial score (nSPS) is 14.9. The van der Waals surface area contributed by atoms with Crippen molar-refractivity contribution >= 4 is 33.6 Å². The number of hydrogen-bond acceptors (Lipinski definition) is 4. The predicted octanol–water partition coefficient (Wildman–Crippen LogP) is 3.12. The number of aryl methyl sites for hydroxylation is 1. The smallest absolute Gasteiger partial charge is 0.317 e. The second-order valence-electron chi connectivity index (χ2n) is 7.22. The summed E-state index contributed by atoms with van der Waals surface area (Å²) in [6.07, 6.45) is 0.973. The van der Waals surface area contributed by atoms with Crippen molar-refractivity contribution in [2.24, 2.45) is 5.92 Å². The van der Waals surface area contributed by atoms with Crippen LogP contribution in [-0.4, -0.2) is 58.8 Å². The van der Waals surface area contributed by atoms with Gasteiger partial charge in [0.05, 0.1) is 4.70 Å². The maximum atomic E-state index is 12.9. The average Bonchev–Trinajstić information content (AvgIpc) is 3.03. The van der Waals surface area contributed by atoms with Gasteiger partial charge in [0, 0.05) is 38.1 Å². The molecule has 0 aliphatic carbocycles. The molecule has 1 aliphatic rings. The summed E-state index contributed by atoms with van der Waals surface area (Å²) in [6.45, 7) is 9.19. The highest BCUT2D eigenvalue weighted by Crippen LogP contribution is 2.25. The van der Waals surface area contributed by atoms with E-state index < -0.39 is 0 Å². The molecule has 3 rings (SSSR count). The van der Waals surface area contributed by atoms with Crippen molar-refractivity contribution in [3.05, 3.63) is 29.5 Å². The Balaban J connectivity index is 1.58. The molecule has 1 fully saturated rings. The molecule has 0 unspecified atom stereocenters. The number of rotatable bonds is 4. The third kappa shape index (κ3) is 4.15. The van der Waals surface area contributed by atoms with Crippen LogP contribution in [0.15, 0.2) is 18.2 Å². The van der Waals surface area contributed by atoms with Crippen molar-refractivity contribution in [2.75, 3.05) is 32.7 Å². The van der Waals surface area contributed by atoms with Crippen LogP contribution in [0.1, 0.15) is 36.3 Å². The molecule has 1 N–H and O–H groups in total. The lowest BCUT2D eigenvalue weighted by atomic mass is 10.1. The number of nitrogens with one attached hydrogen (secondary N) is 1. The number of aromatic nitrogens is 1. The molecule has 2 heterocycles. The molecule has 1 aromatic heterocycles. The SMILES string of the molecule is Cc1ccc2snc(C(=O)N3CCN(C(=O)NCCC(C)C)CC3)c2c1. The second-order valence-corrected chi connectivity index (χ2v) is 8.03. The van der Waals surface area contributed by atoms with E-state index in [1.165, 1.54) is 11.5 Å². The fraction of sp³-hybridized carbons (Fsp3) is 0.526. The van der Waals surface area contributed by atoms with Crippen molar-refractivity contribution in [3.63, 3.8) is 0 Å². The van der Waals surface area contributed by atoms with Crippen molar-refractivity contribution in [3.8, 4) is 0 Å². The number of amides is 3. The lowest BCUT2D eigenvalue weighted by Gasteiger charge is -2.34. The lowest BCUT2D eigenvalue weighted by molar-refractivity contribution is 0.0662. The van der Waals surface area contributed by atoms with Gasteiger partial charge in [-0.2, -0.15) is 4.37 Å². The zero-order valence-electron chi connectivity index (χ0n) is 15.6. The summed E-state index contributed by atoms with van der Waals surface area (Å²) in [5.41, 5.74) is 1.65. The minimum atomic E-state index is -0.0401. The number of carbonyl (C=O) groups excluding carboxylic acids is 2. The molecule has 7 heteroatoms. The summed E-state index contributed by atoms with van der Waals surface area (Å²) in [4.78, 5) is 28.6. The van der Waals surface area contributed by atoms with E-state index in [1.54, 1.807) is 9.80 Å². The van der Waals surface area contributed by atoms with Gasteiger partial charge in [-0.05, 0) is 42.9 Å². The van der Waals surface area contributed by atoms with Crippen LogP contribution in [0, 0.1) is 12.8 Å². The highest BCUT2D eigenvalue weighted by Gasteiger charge is 2.27.